The fourth-order valence-corrected chi connectivity index (χ4v) is 3.64. The molecule has 126 valence electrons. The summed E-state index contributed by atoms with van der Waals surface area (Å²) in [6.07, 6.45) is 1.79. The molecule has 2 aromatic carbocycles. The summed E-state index contributed by atoms with van der Waals surface area (Å²) in [5.74, 6) is 2.89. The third-order valence-corrected chi connectivity index (χ3v) is 4.70. The first-order valence-corrected chi connectivity index (χ1v) is 8.91. The van der Waals surface area contributed by atoms with Crippen LogP contribution in [0.15, 0.2) is 72.2 Å². The lowest BCUT2D eigenvalue weighted by Crippen LogP contribution is -2.21. The van der Waals surface area contributed by atoms with Gasteiger partial charge in [-0.15, -0.1) is 0 Å². The highest BCUT2D eigenvalue weighted by molar-refractivity contribution is 5.33. The van der Waals surface area contributed by atoms with Crippen molar-refractivity contribution in [3.8, 4) is 0 Å². The lowest BCUT2D eigenvalue weighted by molar-refractivity contribution is 0.131. The minimum atomic E-state index is 0.416. The molecule has 2 nitrogen and oxygen atoms in total. The maximum absolute atomic E-state index is 5.94. The van der Waals surface area contributed by atoms with Gasteiger partial charge in [0.2, 0.25) is 0 Å². The average Bonchev–Trinajstić information content (AvgIpc) is 2.64. The highest BCUT2D eigenvalue weighted by atomic mass is 16.5. The molecule has 0 fully saturated rings. The summed E-state index contributed by atoms with van der Waals surface area (Å²) in [5.41, 5.74) is 2.75. The lowest BCUT2D eigenvalue weighted by atomic mass is 9.73. The second kappa shape index (κ2) is 8.05. The maximum Gasteiger partial charge on any atom is 0.134 e. The summed E-state index contributed by atoms with van der Waals surface area (Å²) >= 11 is 0. The van der Waals surface area contributed by atoms with Crippen LogP contribution in [0.5, 0.6) is 0 Å². The zero-order valence-electron chi connectivity index (χ0n) is 14.6. The molecule has 3 rings (SSSR count). The van der Waals surface area contributed by atoms with Crippen LogP contribution in [0.2, 0.25) is 0 Å². The topological polar surface area (TPSA) is 18.5 Å². The minimum absolute atomic E-state index is 0.416. The van der Waals surface area contributed by atoms with Crippen molar-refractivity contribution < 1.29 is 9.47 Å². The van der Waals surface area contributed by atoms with Crippen molar-refractivity contribution in [1.29, 1.82) is 0 Å². The number of hydrogen-bond donors (Lipinski definition) is 0. The molecule has 0 spiro atoms. The molecule has 0 bridgehead atoms. The Labute approximate surface area is 145 Å². The van der Waals surface area contributed by atoms with Gasteiger partial charge in [0.05, 0.1) is 13.2 Å². The summed E-state index contributed by atoms with van der Waals surface area (Å²) in [5, 5.41) is 0. The van der Waals surface area contributed by atoms with Gasteiger partial charge in [0.1, 0.15) is 11.5 Å². The first-order chi connectivity index (χ1) is 11.8. The molecule has 0 radical (unpaired) electrons. The molecule has 2 atom stereocenters. The highest BCUT2D eigenvalue weighted by Crippen LogP contribution is 2.46. The quantitative estimate of drug-likeness (QED) is 0.686. The number of benzene rings is 2. The van der Waals surface area contributed by atoms with Crippen LogP contribution in [0.25, 0.3) is 0 Å². The summed E-state index contributed by atoms with van der Waals surface area (Å²) in [6, 6.07) is 21.6. The molecule has 0 aliphatic heterocycles. The molecule has 1 aliphatic rings. The fraction of sp³-hybridized carbons (Fsp3) is 0.364. The van der Waals surface area contributed by atoms with Gasteiger partial charge in [-0.1, -0.05) is 60.7 Å². The van der Waals surface area contributed by atoms with E-state index in [-0.39, 0.29) is 0 Å². The Kier molecular flexibility index (Phi) is 5.58. The van der Waals surface area contributed by atoms with Crippen molar-refractivity contribution in [1.82, 2.24) is 0 Å². The van der Waals surface area contributed by atoms with Crippen molar-refractivity contribution in [3.05, 3.63) is 83.3 Å². The van der Waals surface area contributed by atoms with E-state index in [9.17, 15) is 0 Å². The molecule has 0 amide bonds. The Bertz CT molecular complexity index is 601. The number of hydrogen-bond acceptors (Lipinski definition) is 2. The van der Waals surface area contributed by atoms with Crippen molar-refractivity contribution in [2.75, 3.05) is 13.2 Å². The van der Waals surface area contributed by atoms with Gasteiger partial charge in [-0.05, 0) is 36.8 Å². The van der Waals surface area contributed by atoms with E-state index in [2.05, 4.69) is 60.7 Å². The van der Waals surface area contributed by atoms with E-state index in [0.717, 1.165) is 24.4 Å². The number of ether oxygens (including phenoxy) is 2. The van der Waals surface area contributed by atoms with E-state index < -0.39 is 0 Å². The molecule has 1 aliphatic carbocycles. The average molecular weight is 322 g/mol. The van der Waals surface area contributed by atoms with Crippen LogP contribution in [0.1, 0.15) is 49.7 Å². The molecule has 0 heterocycles. The summed E-state index contributed by atoms with van der Waals surface area (Å²) < 4.78 is 11.9. The van der Waals surface area contributed by atoms with E-state index in [0.29, 0.717) is 25.0 Å². The SMILES string of the molecule is CCOC1=C(OCC)CC(c2ccccc2)C(c2ccccc2)C1. The van der Waals surface area contributed by atoms with Crippen LogP contribution < -0.4 is 0 Å². The molecular formula is C22H26O2. The Morgan fingerprint density at radius 1 is 0.667 bits per heavy atom. The Hall–Kier alpha value is -2.22. The third-order valence-electron chi connectivity index (χ3n) is 4.70. The van der Waals surface area contributed by atoms with Gasteiger partial charge in [-0.2, -0.15) is 0 Å². The predicted molar refractivity (Wildman–Crippen MR) is 97.9 cm³/mol. The van der Waals surface area contributed by atoms with Gasteiger partial charge in [-0.3, -0.25) is 0 Å². The van der Waals surface area contributed by atoms with Gasteiger partial charge < -0.3 is 9.47 Å². The standard InChI is InChI=1S/C22H26O2/c1-3-23-21-15-19(17-11-7-5-8-12-17)20(16-22(21)24-4-2)18-13-9-6-10-14-18/h5-14,19-20H,3-4,15-16H2,1-2H3. The molecule has 0 N–H and O–H groups in total. The second-order valence-corrected chi connectivity index (χ2v) is 6.15. The summed E-state index contributed by atoms with van der Waals surface area (Å²) in [6.45, 7) is 5.45. The molecule has 2 unspecified atom stereocenters. The molecule has 2 heteroatoms. The third kappa shape index (κ3) is 3.64. The van der Waals surface area contributed by atoms with Crippen LogP contribution in [0, 0.1) is 0 Å². The molecule has 0 saturated carbocycles. The first kappa shape index (κ1) is 16.6. The van der Waals surface area contributed by atoms with Crippen LogP contribution >= 0.6 is 0 Å². The summed E-state index contributed by atoms with van der Waals surface area (Å²) in [4.78, 5) is 0. The predicted octanol–water partition coefficient (Wildman–Crippen LogP) is 5.63. The molecular weight excluding hydrogens is 296 g/mol. The zero-order valence-corrected chi connectivity index (χ0v) is 14.6. The van der Waals surface area contributed by atoms with Crippen LogP contribution in [-0.4, -0.2) is 13.2 Å². The van der Waals surface area contributed by atoms with E-state index in [1.165, 1.54) is 11.1 Å². The lowest BCUT2D eigenvalue weighted by Gasteiger charge is -2.34. The van der Waals surface area contributed by atoms with Gasteiger partial charge in [0.25, 0.3) is 0 Å². The largest absolute Gasteiger partial charge is 0.495 e. The molecule has 0 saturated heterocycles. The first-order valence-electron chi connectivity index (χ1n) is 8.91. The van der Waals surface area contributed by atoms with E-state index in [1.807, 2.05) is 13.8 Å². The van der Waals surface area contributed by atoms with Gasteiger partial charge in [0.15, 0.2) is 0 Å². The van der Waals surface area contributed by atoms with Gasteiger partial charge in [0, 0.05) is 12.8 Å². The smallest absolute Gasteiger partial charge is 0.134 e. The Morgan fingerprint density at radius 2 is 1.04 bits per heavy atom. The minimum Gasteiger partial charge on any atom is -0.495 e. The molecule has 2 aromatic rings. The zero-order chi connectivity index (χ0) is 16.8. The van der Waals surface area contributed by atoms with Crippen molar-refractivity contribution >= 4 is 0 Å². The normalized spacial score (nSPS) is 20.8. The number of rotatable bonds is 6. The van der Waals surface area contributed by atoms with Gasteiger partial charge in [-0.25, -0.2) is 0 Å². The fourth-order valence-electron chi connectivity index (χ4n) is 3.64. The molecule has 0 aromatic heterocycles. The maximum atomic E-state index is 5.94. The van der Waals surface area contributed by atoms with Crippen LogP contribution in [0.4, 0.5) is 0 Å². The Morgan fingerprint density at radius 3 is 1.38 bits per heavy atom. The van der Waals surface area contributed by atoms with E-state index >= 15 is 0 Å². The van der Waals surface area contributed by atoms with E-state index in [4.69, 9.17) is 9.47 Å². The van der Waals surface area contributed by atoms with Crippen molar-refractivity contribution in [2.45, 2.75) is 38.5 Å². The van der Waals surface area contributed by atoms with Crippen molar-refractivity contribution in [2.24, 2.45) is 0 Å². The van der Waals surface area contributed by atoms with Crippen LogP contribution in [-0.2, 0) is 9.47 Å². The monoisotopic (exact) mass is 322 g/mol. The number of allylic oxidation sites excluding steroid dienone is 2. The van der Waals surface area contributed by atoms with Crippen LogP contribution in [0.3, 0.4) is 0 Å². The Balaban J connectivity index is 2.00. The second-order valence-electron chi connectivity index (χ2n) is 6.15. The van der Waals surface area contributed by atoms with Crippen molar-refractivity contribution in [3.63, 3.8) is 0 Å². The summed E-state index contributed by atoms with van der Waals surface area (Å²) in [7, 11) is 0. The molecule has 24 heavy (non-hydrogen) atoms. The highest BCUT2D eigenvalue weighted by Gasteiger charge is 2.34. The van der Waals surface area contributed by atoms with Gasteiger partial charge >= 0.3 is 0 Å². The van der Waals surface area contributed by atoms with E-state index in [1.54, 1.807) is 0 Å².